The molecular formula is C26H24CoP2. The summed E-state index contributed by atoms with van der Waals surface area (Å²) in [7, 11) is -0.696. The van der Waals surface area contributed by atoms with Crippen LogP contribution >= 0.6 is 15.8 Å². The molecule has 0 aliphatic carbocycles. The molecule has 4 aromatic carbocycles. The van der Waals surface area contributed by atoms with Crippen molar-refractivity contribution in [2.45, 2.75) is 0 Å². The van der Waals surface area contributed by atoms with Crippen molar-refractivity contribution >= 4 is 37.1 Å². The van der Waals surface area contributed by atoms with Crippen LogP contribution in [0.4, 0.5) is 0 Å². The molecule has 0 fully saturated rings. The quantitative estimate of drug-likeness (QED) is 0.333. The van der Waals surface area contributed by atoms with E-state index in [4.69, 9.17) is 0 Å². The molecule has 0 atom stereocenters. The molecule has 0 saturated heterocycles. The second-order valence-corrected chi connectivity index (χ2v) is 11.3. The van der Waals surface area contributed by atoms with Crippen molar-refractivity contribution < 1.29 is 16.8 Å². The molecule has 1 radical (unpaired) electrons. The van der Waals surface area contributed by atoms with E-state index in [0.29, 0.717) is 0 Å². The summed E-state index contributed by atoms with van der Waals surface area (Å²) in [6.45, 7) is 0. The standard InChI is InChI=1S/C26H24P2.Co/c1-5-13-23(14-6-1)27(24-15-7-2-8-16-24)21-22-28(25-17-9-3-10-18-25)26-19-11-4-12-20-26;/h1-20H,21-22H2;. The van der Waals surface area contributed by atoms with E-state index in [0.717, 1.165) is 0 Å². The molecule has 0 unspecified atom stereocenters. The Labute approximate surface area is 187 Å². The summed E-state index contributed by atoms with van der Waals surface area (Å²) in [4.78, 5) is 0. The molecular weight excluding hydrogens is 433 g/mol. The van der Waals surface area contributed by atoms with Gasteiger partial charge in [0.25, 0.3) is 0 Å². The van der Waals surface area contributed by atoms with Crippen molar-refractivity contribution in [3.63, 3.8) is 0 Å². The van der Waals surface area contributed by atoms with Gasteiger partial charge in [-0.2, -0.15) is 0 Å². The van der Waals surface area contributed by atoms with Crippen LogP contribution in [0.5, 0.6) is 0 Å². The molecule has 147 valence electrons. The maximum absolute atomic E-state index is 2.30. The van der Waals surface area contributed by atoms with E-state index in [-0.39, 0.29) is 32.6 Å². The third-order valence-electron chi connectivity index (χ3n) is 4.82. The maximum atomic E-state index is 2.30. The van der Waals surface area contributed by atoms with Crippen molar-refractivity contribution in [2.75, 3.05) is 12.3 Å². The van der Waals surface area contributed by atoms with Crippen molar-refractivity contribution in [3.05, 3.63) is 121 Å². The molecule has 29 heavy (non-hydrogen) atoms. The summed E-state index contributed by atoms with van der Waals surface area (Å²) in [5.74, 6) is 0. The monoisotopic (exact) mass is 457 g/mol. The first-order valence-electron chi connectivity index (χ1n) is 9.67. The molecule has 0 N–H and O–H groups in total. The zero-order chi connectivity index (χ0) is 19.0. The van der Waals surface area contributed by atoms with Crippen LogP contribution in [0.25, 0.3) is 0 Å². The zero-order valence-corrected chi connectivity index (χ0v) is 19.0. The normalized spacial score (nSPS) is 10.7. The molecule has 0 bridgehead atoms. The fraction of sp³-hybridized carbons (Fsp3) is 0.0769. The van der Waals surface area contributed by atoms with E-state index in [1.54, 1.807) is 0 Å². The Bertz CT molecular complexity index is 798. The number of hydrogen-bond donors (Lipinski definition) is 0. The molecule has 0 spiro atoms. The summed E-state index contributed by atoms with van der Waals surface area (Å²) < 4.78 is 0. The van der Waals surface area contributed by atoms with Crippen LogP contribution in [0.1, 0.15) is 0 Å². The first-order valence-corrected chi connectivity index (χ1v) is 12.7. The van der Waals surface area contributed by atoms with Crippen LogP contribution in [0, 0.1) is 0 Å². The van der Waals surface area contributed by atoms with Crippen LogP contribution in [0.3, 0.4) is 0 Å². The molecule has 4 rings (SSSR count). The molecule has 0 saturated carbocycles. The SMILES string of the molecule is [Co].c1ccc(P(CCP(c2ccccc2)c2ccccc2)c2ccccc2)cc1. The van der Waals surface area contributed by atoms with Crippen molar-refractivity contribution in [1.29, 1.82) is 0 Å². The van der Waals surface area contributed by atoms with Crippen molar-refractivity contribution in [2.24, 2.45) is 0 Å². The number of hydrogen-bond acceptors (Lipinski definition) is 0. The van der Waals surface area contributed by atoms with E-state index in [1.807, 2.05) is 0 Å². The molecule has 0 aliphatic heterocycles. The van der Waals surface area contributed by atoms with Gasteiger partial charge in [0.2, 0.25) is 0 Å². The number of rotatable bonds is 7. The van der Waals surface area contributed by atoms with Gasteiger partial charge in [-0.15, -0.1) is 0 Å². The predicted octanol–water partition coefficient (Wildman–Crippen LogP) is 5.25. The third kappa shape index (κ3) is 5.88. The zero-order valence-electron chi connectivity index (χ0n) is 16.2. The fourth-order valence-electron chi connectivity index (χ4n) is 3.45. The molecule has 4 aromatic rings. The largest absolute Gasteiger partial charge is 0.0622 e. The summed E-state index contributed by atoms with van der Waals surface area (Å²) in [6, 6.07) is 44.2. The van der Waals surface area contributed by atoms with Gasteiger partial charge in [-0.1, -0.05) is 121 Å². The fourth-order valence-corrected chi connectivity index (χ4v) is 8.80. The second-order valence-electron chi connectivity index (χ2n) is 6.65. The Balaban J connectivity index is 0.00000240. The van der Waals surface area contributed by atoms with Gasteiger partial charge in [0.15, 0.2) is 0 Å². The Hall–Kier alpha value is -1.75. The predicted molar refractivity (Wildman–Crippen MR) is 128 cm³/mol. The molecule has 0 nitrogen and oxygen atoms in total. The average molecular weight is 457 g/mol. The topological polar surface area (TPSA) is 0 Å². The van der Waals surface area contributed by atoms with Gasteiger partial charge in [0.1, 0.15) is 0 Å². The van der Waals surface area contributed by atoms with Gasteiger partial charge in [-0.3, -0.25) is 0 Å². The van der Waals surface area contributed by atoms with Crippen LogP contribution < -0.4 is 21.2 Å². The van der Waals surface area contributed by atoms with Gasteiger partial charge in [0, 0.05) is 16.8 Å². The molecule has 0 aromatic heterocycles. The van der Waals surface area contributed by atoms with Crippen LogP contribution in [-0.2, 0) is 16.8 Å². The van der Waals surface area contributed by atoms with Gasteiger partial charge >= 0.3 is 0 Å². The third-order valence-corrected chi connectivity index (χ3v) is 10.2. The minimum absolute atomic E-state index is 0. The van der Waals surface area contributed by atoms with Crippen LogP contribution in [0.2, 0.25) is 0 Å². The van der Waals surface area contributed by atoms with E-state index < -0.39 is 0 Å². The molecule has 0 amide bonds. The summed E-state index contributed by atoms with van der Waals surface area (Å²) in [5.41, 5.74) is 0. The molecule has 0 heterocycles. The first-order chi connectivity index (χ1) is 13.9. The van der Waals surface area contributed by atoms with E-state index in [2.05, 4.69) is 121 Å². The minimum Gasteiger partial charge on any atom is -0.0622 e. The first kappa shape index (κ1) is 21.9. The van der Waals surface area contributed by atoms with E-state index >= 15 is 0 Å². The summed E-state index contributed by atoms with van der Waals surface area (Å²) in [6.07, 6.45) is 2.41. The number of benzene rings is 4. The average Bonchev–Trinajstić information content (AvgIpc) is 2.79. The summed E-state index contributed by atoms with van der Waals surface area (Å²) in [5, 5.41) is 5.89. The van der Waals surface area contributed by atoms with Gasteiger partial charge in [-0.25, -0.2) is 0 Å². The second kappa shape index (κ2) is 11.4. The van der Waals surface area contributed by atoms with Gasteiger partial charge in [-0.05, 0) is 49.4 Å². The summed E-state index contributed by atoms with van der Waals surface area (Å²) >= 11 is 0. The minimum atomic E-state index is -0.348. The molecule has 3 heteroatoms. The smallest absolute Gasteiger partial charge is 0 e. The van der Waals surface area contributed by atoms with Gasteiger partial charge in [0.05, 0.1) is 0 Å². The van der Waals surface area contributed by atoms with Crippen LogP contribution in [-0.4, -0.2) is 12.3 Å². The van der Waals surface area contributed by atoms with Crippen molar-refractivity contribution in [3.8, 4) is 0 Å². The van der Waals surface area contributed by atoms with Crippen LogP contribution in [0.15, 0.2) is 121 Å². The van der Waals surface area contributed by atoms with E-state index in [1.165, 1.54) is 33.5 Å². The Morgan fingerprint density at radius 2 is 0.552 bits per heavy atom. The Morgan fingerprint density at radius 3 is 0.759 bits per heavy atom. The maximum Gasteiger partial charge on any atom is 0 e. The van der Waals surface area contributed by atoms with Crippen molar-refractivity contribution in [1.82, 2.24) is 0 Å². The Morgan fingerprint density at radius 1 is 0.345 bits per heavy atom. The van der Waals surface area contributed by atoms with E-state index in [9.17, 15) is 0 Å². The Kier molecular flexibility index (Phi) is 8.65. The van der Waals surface area contributed by atoms with Gasteiger partial charge < -0.3 is 0 Å². The molecule has 0 aliphatic rings.